The molecule has 0 bridgehead atoms. The number of oxazole rings is 1. The summed E-state index contributed by atoms with van der Waals surface area (Å²) in [6, 6.07) is 9.47. The zero-order valence-electron chi connectivity index (χ0n) is 19.0. The molecule has 4 aromatic rings. The SMILES string of the molecule is COc1cccc(Cc2cnc(C3CCCCN3C(=O)c3cc(C)nc4onc(C)c34)o2)c1. The van der Waals surface area contributed by atoms with Crippen molar-refractivity contribution in [3.63, 3.8) is 0 Å². The Morgan fingerprint density at radius 3 is 2.97 bits per heavy atom. The van der Waals surface area contributed by atoms with Crippen molar-refractivity contribution in [2.24, 2.45) is 0 Å². The van der Waals surface area contributed by atoms with Crippen molar-refractivity contribution in [2.45, 2.75) is 45.6 Å². The largest absolute Gasteiger partial charge is 0.497 e. The van der Waals surface area contributed by atoms with Crippen LogP contribution >= 0.6 is 0 Å². The molecule has 0 saturated carbocycles. The molecular formula is C25H26N4O4. The Kier molecular flexibility index (Phi) is 5.58. The Morgan fingerprint density at radius 2 is 2.12 bits per heavy atom. The smallest absolute Gasteiger partial charge is 0.258 e. The fourth-order valence-electron chi connectivity index (χ4n) is 4.51. The average molecular weight is 447 g/mol. The van der Waals surface area contributed by atoms with Crippen molar-refractivity contribution < 1.29 is 18.5 Å². The van der Waals surface area contributed by atoms with Gasteiger partial charge in [-0.1, -0.05) is 17.3 Å². The quantitative estimate of drug-likeness (QED) is 0.435. The minimum Gasteiger partial charge on any atom is -0.497 e. The third-order valence-electron chi connectivity index (χ3n) is 6.11. The van der Waals surface area contributed by atoms with Crippen LogP contribution in [-0.2, 0) is 6.42 Å². The number of hydrogen-bond acceptors (Lipinski definition) is 7. The first-order valence-electron chi connectivity index (χ1n) is 11.2. The van der Waals surface area contributed by atoms with E-state index in [1.165, 1.54) is 0 Å². The van der Waals surface area contributed by atoms with E-state index in [4.69, 9.17) is 13.7 Å². The average Bonchev–Trinajstić information content (AvgIpc) is 3.45. The lowest BCUT2D eigenvalue weighted by Crippen LogP contribution is -2.38. The van der Waals surface area contributed by atoms with E-state index in [1.807, 2.05) is 49.1 Å². The van der Waals surface area contributed by atoms with Crippen LogP contribution < -0.4 is 4.74 Å². The van der Waals surface area contributed by atoms with Crippen LogP contribution in [0, 0.1) is 13.8 Å². The monoisotopic (exact) mass is 446 g/mol. The molecule has 1 aliphatic heterocycles. The number of hydrogen-bond donors (Lipinski definition) is 0. The molecule has 1 amide bonds. The third kappa shape index (κ3) is 4.08. The molecule has 1 unspecified atom stereocenters. The summed E-state index contributed by atoms with van der Waals surface area (Å²) in [4.78, 5) is 24.5. The van der Waals surface area contributed by atoms with Gasteiger partial charge in [0.15, 0.2) is 0 Å². The number of piperidine rings is 1. The van der Waals surface area contributed by atoms with Gasteiger partial charge in [0.2, 0.25) is 5.89 Å². The number of aryl methyl sites for hydroxylation is 2. The van der Waals surface area contributed by atoms with Gasteiger partial charge in [0.25, 0.3) is 11.6 Å². The van der Waals surface area contributed by atoms with Gasteiger partial charge in [-0.2, -0.15) is 0 Å². The van der Waals surface area contributed by atoms with Gasteiger partial charge in [0.05, 0.1) is 30.0 Å². The lowest BCUT2D eigenvalue weighted by Gasteiger charge is -2.34. The number of methoxy groups -OCH3 is 1. The van der Waals surface area contributed by atoms with E-state index < -0.39 is 0 Å². The second-order valence-electron chi connectivity index (χ2n) is 8.46. The Bertz CT molecular complexity index is 1310. The van der Waals surface area contributed by atoms with Gasteiger partial charge in [0, 0.05) is 18.7 Å². The number of amides is 1. The van der Waals surface area contributed by atoms with Crippen molar-refractivity contribution in [3.8, 4) is 5.75 Å². The highest BCUT2D eigenvalue weighted by Gasteiger charge is 2.33. The second-order valence-corrected chi connectivity index (χ2v) is 8.46. The molecule has 1 fully saturated rings. The molecule has 0 spiro atoms. The molecule has 1 atom stereocenters. The summed E-state index contributed by atoms with van der Waals surface area (Å²) in [7, 11) is 1.65. The number of nitrogens with zero attached hydrogens (tertiary/aromatic N) is 4. The van der Waals surface area contributed by atoms with E-state index in [0.717, 1.165) is 36.3 Å². The molecule has 33 heavy (non-hydrogen) atoms. The summed E-state index contributed by atoms with van der Waals surface area (Å²) in [6.07, 6.45) is 5.12. The molecule has 8 heteroatoms. The number of likely N-dealkylation sites (tertiary alicyclic amines) is 1. The van der Waals surface area contributed by atoms with Gasteiger partial charge in [-0.15, -0.1) is 0 Å². The number of ether oxygens (including phenoxy) is 1. The Balaban J connectivity index is 1.43. The van der Waals surface area contributed by atoms with Gasteiger partial charge < -0.3 is 18.6 Å². The highest BCUT2D eigenvalue weighted by molar-refractivity contribution is 6.06. The number of benzene rings is 1. The maximum atomic E-state index is 13.7. The molecule has 5 rings (SSSR count). The standard InChI is InChI=1S/C25H26N4O4/c1-15-11-20(22-16(2)28-33-24(22)27-15)25(30)29-10-5-4-9-21(29)23-26-14-19(32-23)13-17-7-6-8-18(12-17)31-3/h6-8,11-12,14,21H,4-5,9-10,13H2,1-3H3. The summed E-state index contributed by atoms with van der Waals surface area (Å²) < 4.78 is 16.8. The van der Waals surface area contributed by atoms with Gasteiger partial charge in [0.1, 0.15) is 17.6 Å². The van der Waals surface area contributed by atoms with Gasteiger partial charge in [-0.3, -0.25) is 4.79 Å². The van der Waals surface area contributed by atoms with Crippen LogP contribution in [0.25, 0.3) is 11.1 Å². The van der Waals surface area contributed by atoms with E-state index in [9.17, 15) is 4.79 Å². The minimum absolute atomic E-state index is 0.0750. The predicted molar refractivity (Wildman–Crippen MR) is 121 cm³/mol. The maximum absolute atomic E-state index is 13.7. The van der Waals surface area contributed by atoms with E-state index in [-0.39, 0.29) is 11.9 Å². The van der Waals surface area contributed by atoms with Crippen LogP contribution in [0.4, 0.5) is 0 Å². The molecule has 0 radical (unpaired) electrons. The Morgan fingerprint density at radius 1 is 1.24 bits per heavy atom. The molecule has 3 aromatic heterocycles. The number of carbonyl (C=O) groups is 1. The molecule has 170 valence electrons. The first kappa shape index (κ1) is 21.2. The molecule has 1 aromatic carbocycles. The van der Waals surface area contributed by atoms with Crippen LogP contribution in [0.5, 0.6) is 5.75 Å². The van der Waals surface area contributed by atoms with E-state index in [0.29, 0.717) is 46.9 Å². The van der Waals surface area contributed by atoms with E-state index in [2.05, 4.69) is 15.1 Å². The summed E-state index contributed by atoms with van der Waals surface area (Å²) in [5.74, 6) is 2.06. The van der Waals surface area contributed by atoms with Crippen LogP contribution in [0.2, 0.25) is 0 Å². The molecular weight excluding hydrogens is 420 g/mol. The van der Waals surface area contributed by atoms with Gasteiger partial charge >= 0.3 is 0 Å². The summed E-state index contributed by atoms with van der Waals surface area (Å²) >= 11 is 0. The Labute approximate surface area is 191 Å². The van der Waals surface area contributed by atoms with Gasteiger partial charge in [-0.25, -0.2) is 9.97 Å². The van der Waals surface area contributed by atoms with E-state index in [1.54, 1.807) is 13.3 Å². The number of aromatic nitrogens is 3. The molecule has 1 aliphatic rings. The molecule has 0 aliphatic carbocycles. The summed E-state index contributed by atoms with van der Waals surface area (Å²) in [6.45, 7) is 4.32. The van der Waals surface area contributed by atoms with Crippen molar-refractivity contribution >= 4 is 17.0 Å². The Hall–Kier alpha value is -3.68. The second kappa shape index (κ2) is 8.69. The van der Waals surface area contributed by atoms with Gasteiger partial charge in [-0.05, 0) is 56.9 Å². The fraction of sp³-hybridized carbons (Fsp3) is 0.360. The summed E-state index contributed by atoms with van der Waals surface area (Å²) in [5, 5.41) is 4.68. The first-order valence-corrected chi connectivity index (χ1v) is 11.2. The lowest BCUT2D eigenvalue weighted by molar-refractivity contribution is 0.0572. The lowest BCUT2D eigenvalue weighted by atomic mass is 9.99. The van der Waals surface area contributed by atoms with Crippen molar-refractivity contribution in [1.82, 2.24) is 20.0 Å². The van der Waals surface area contributed by atoms with Crippen LogP contribution in [0.1, 0.15) is 64.3 Å². The fourth-order valence-corrected chi connectivity index (χ4v) is 4.51. The zero-order chi connectivity index (χ0) is 22.9. The topological polar surface area (TPSA) is 94.5 Å². The summed E-state index contributed by atoms with van der Waals surface area (Å²) in [5.41, 5.74) is 3.40. The first-order chi connectivity index (χ1) is 16.0. The molecule has 1 saturated heterocycles. The van der Waals surface area contributed by atoms with Crippen molar-refractivity contribution in [1.29, 1.82) is 0 Å². The minimum atomic E-state index is -0.214. The normalized spacial score (nSPS) is 16.3. The van der Waals surface area contributed by atoms with Crippen molar-refractivity contribution in [3.05, 3.63) is 70.7 Å². The van der Waals surface area contributed by atoms with Crippen LogP contribution in [-0.4, -0.2) is 39.6 Å². The van der Waals surface area contributed by atoms with Crippen LogP contribution in [0.15, 0.2) is 45.5 Å². The highest BCUT2D eigenvalue weighted by Crippen LogP contribution is 2.34. The number of pyridine rings is 1. The predicted octanol–water partition coefficient (Wildman–Crippen LogP) is 4.79. The number of fused-ring (bicyclic) bond motifs is 1. The zero-order valence-corrected chi connectivity index (χ0v) is 19.0. The molecule has 8 nitrogen and oxygen atoms in total. The van der Waals surface area contributed by atoms with E-state index >= 15 is 0 Å². The number of carbonyl (C=O) groups excluding carboxylic acids is 1. The number of rotatable bonds is 5. The highest BCUT2D eigenvalue weighted by atomic mass is 16.5. The van der Waals surface area contributed by atoms with Crippen molar-refractivity contribution in [2.75, 3.05) is 13.7 Å². The third-order valence-corrected chi connectivity index (χ3v) is 6.11. The van der Waals surface area contributed by atoms with Crippen LogP contribution in [0.3, 0.4) is 0 Å². The maximum Gasteiger partial charge on any atom is 0.258 e. The molecule has 0 N–H and O–H groups in total. The molecule has 4 heterocycles.